The second-order valence-electron chi connectivity index (χ2n) is 14.7. The zero-order chi connectivity index (χ0) is 32.8. The van der Waals surface area contributed by atoms with E-state index in [4.69, 9.17) is 9.47 Å². The fourth-order valence-electron chi connectivity index (χ4n) is 9.38. The number of hydrogen-bond acceptors (Lipinski definition) is 8. The number of nitrogens with zero attached hydrogens (tertiary/aromatic N) is 3. The first-order chi connectivity index (χ1) is 21.6. The van der Waals surface area contributed by atoms with E-state index in [-0.39, 0.29) is 45.3 Å². The Morgan fingerprint density at radius 3 is 2.50 bits per heavy atom. The third kappa shape index (κ3) is 4.79. The van der Waals surface area contributed by atoms with Crippen molar-refractivity contribution in [3.63, 3.8) is 0 Å². The molecule has 1 amide bonds. The molecular formula is C34H42N4O7S. The van der Waals surface area contributed by atoms with Crippen molar-refractivity contribution >= 4 is 27.3 Å². The Hall–Kier alpha value is -3.32. The number of hydrazine groups is 1. The molecule has 0 aromatic heterocycles. The zero-order valence-electron chi connectivity index (χ0n) is 26.8. The van der Waals surface area contributed by atoms with Crippen molar-refractivity contribution in [1.82, 2.24) is 9.84 Å². The fraction of sp³-hybridized carbons (Fsp3) is 0.559. The molecule has 1 unspecified atom stereocenters. The van der Waals surface area contributed by atoms with Crippen molar-refractivity contribution in [2.75, 3.05) is 11.5 Å². The van der Waals surface area contributed by atoms with Gasteiger partial charge in [-0.15, -0.1) is 4.83 Å². The van der Waals surface area contributed by atoms with E-state index >= 15 is 0 Å². The maximum atomic E-state index is 14.1. The van der Waals surface area contributed by atoms with Gasteiger partial charge >= 0.3 is 0 Å². The lowest BCUT2D eigenvalue weighted by Gasteiger charge is -2.63. The van der Waals surface area contributed by atoms with Gasteiger partial charge in [-0.2, -0.15) is 0 Å². The number of nitrogens with one attached hydrogen (secondary N) is 1. The van der Waals surface area contributed by atoms with Crippen LogP contribution in [0.5, 0.6) is 0 Å². The topological polar surface area (TPSA) is 131 Å². The Labute approximate surface area is 270 Å². The van der Waals surface area contributed by atoms with Crippen LogP contribution < -0.4 is 9.73 Å². The first-order valence-electron chi connectivity index (χ1n) is 16.1. The molecule has 2 saturated carbocycles. The predicted octanol–water partition coefficient (Wildman–Crippen LogP) is 5.32. The highest BCUT2D eigenvalue weighted by atomic mass is 32.2. The predicted molar refractivity (Wildman–Crippen MR) is 171 cm³/mol. The van der Waals surface area contributed by atoms with Crippen LogP contribution in [0.25, 0.3) is 0 Å². The minimum absolute atomic E-state index is 0.00894. The van der Waals surface area contributed by atoms with Crippen molar-refractivity contribution in [2.45, 2.75) is 95.2 Å². The van der Waals surface area contributed by atoms with Gasteiger partial charge in [0, 0.05) is 29.7 Å². The van der Waals surface area contributed by atoms with Gasteiger partial charge in [0.15, 0.2) is 5.79 Å². The van der Waals surface area contributed by atoms with E-state index in [0.717, 1.165) is 54.6 Å². The van der Waals surface area contributed by atoms with Gasteiger partial charge in [0.1, 0.15) is 12.2 Å². The van der Waals surface area contributed by atoms with Gasteiger partial charge in [0.2, 0.25) is 0 Å². The highest BCUT2D eigenvalue weighted by molar-refractivity contribution is 7.89. The maximum absolute atomic E-state index is 14.1. The lowest BCUT2D eigenvalue weighted by atomic mass is 9.46. The molecule has 12 heteroatoms. The van der Waals surface area contributed by atoms with E-state index in [1.54, 1.807) is 0 Å². The van der Waals surface area contributed by atoms with E-state index in [2.05, 4.69) is 30.2 Å². The number of nitro groups is 1. The third-order valence-corrected chi connectivity index (χ3v) is 13.0. The van der Waals surface area contributed by atoms with Crippen LogP contribution in [0.3, 0.4) is 0 Å². The summed E-state index contributed by atoms with van der Waals surface area (Å²) in [6.07, 6.45) is 4.08. The average Bonchev–Trinajstić information content (AvgIpc) is 3.50. The highest BCUT2D eigenvalue weighted by Crippen LogP contribution is 2.64. The summed E-state index contributed by atoms with van der Waals surface area (Å²) in [7, 11) is -4.24. The van der Waals surface area contributed by atoms with E-state index in [9.17, 15) is 23.3 Å². The largest absolute Gasteiger partial charge is 0.350 e. The molecule has 0 bridgehead atoms. The number of carbonyl (C=O) groups is 1. The van der Waals surface area contributed by atoms with Gasteiger partial charge in [-0.1, -0.05) is 44.2 Å². The van der Waals surface area contributed by atoms with Gasteiger partial charge in [-0.25, -0.2) is 13.4 Å². The minimum atomic E-state index is -4.24. The lowest BCUT2D eigenvalue weighted by Crippen LogP contribution is -2.63. The SMILES string of the molecule is C=C1CC[C@@H]2[C@]3(C)COC(C)(C)O[C@@H]3CC[C@@]2(C)C1C[C@H]1N(NS(=O)(=O)c2ccc([N+](=O)[O-])cc2)C(=O)[C@@H]2Cc3ccccc3N21. The average molecular weight is 651 g/mol. The molecule has 2 aliphatic carbocycles. The number of amides is 1. The second-order valence-corrected chi connectivity index (χ2v) is 16.3. The van der Waals surface area contributed by atoms with Crippen LogP contribution in [0.2, 0.25) is 0 Å². The van der Waals surface area contributed by atoms with Crippen LogP contribution >= 0.6 is 0 Å². The number of para-hydroxylation sites is 1. The van der Waals surface area contributed by atoms with E-state index < -0.39 is 32.9 Å². The molecule has 3 aliphatic heterocycles. The van der Waals surface area contributed by atoms with Gasteiger partial charge < -0.3 is 14.4 Å². The van der Waals surface area contributed by atoms with Crippen molar-refractivity contribution in [2.24, 2.45) is 22.7 Å². The van der Waals surface area contributed by atoms with Crippen molar-refractivity contribution < 1.29 is 27.6 Å². The summed E-state index contributed by atoms with van der Waals surface area (Å²) in [5.41, 5.74) is 2.54. The fourth-order valence-corrected chi connectivity index (χ4v) is 10.5. The Bertz CT molecular complexity index is 1710. The van der Waals surface area contributed by atoms with E-state index in [1.165, 1.54) is 17.1 Å². The molecule has 46 heavy (non-hydrogen) atoms. The highest BCUT2D eigenvalue weighted by Gasteiger charge is 2.62. The molecule has 0 radical (unpaired) electrons. The Morgan fingerprint density at radius 1 is 1.07 bits per heavy atom. The zero-order valence-corrected chi connectivity index (χ0v) is 27.6. The van der Waals surface area contributed by atoms with Crippen LogP contribution in [-0.4, -0.2) is 55.0 Å². The molecule has 7 rings (SSSR count). The number of carbonyl (C=O) groups excluding carboxylic acids is 1. The number of ether oxygens (including phenoxy) is 2. The number of rotatable bonds is 6. The molecule has 2 aromatic rings. The summed E-state index contributed by atoms with van der Waals surface area (Å²) in [5, 5.41) is 12.5. The normalized spacial score (nSPS) is 34.9. The van der Waals surface area contributed by atoms with Crippen LogP contribution in [0.1, 0.15) is 65.4 Å². The molecule has 1 N–H and O–H groups in total. The number of fused-ring (bicyclic) bond motifs is 6. The molecule has 7 atom stereocenters. The standard InChI is InChI=1S/C34H42N4O7S/c1-21-10-15-28-33(4,17-16-29-34(28,5)20-44-32(2,3)45-29)25(21)19-30-36-26-9-7-6-8-22(26)18-27(36)31(39)37(30)35-46(42,43)24-13-11-23(12-14-24)38(40)41/h6-9,11-14,25,27-30,35H,1,10,15-20H2,2-5H3/t25?,27-,28-,29+,30+,33-,34-/m0/s1. The summed E-state index contributed by atoms with van der Waals surface area (Å²) in [6, 6.07) is 12.0. The Kier molecular flexibility index (Phi) is 7.21. The van der Waals surface area contributed by atoms with Crippen LogP contribution in [0.15, 0.2) is 65.6 Å². The minimum Gasteiger partial charge on any atom is -0.350 e. The quantitative estimate of drug-likeness (QED) is 0.253. The molecule has 2 aromatic carbocycles. The van der Waals surface area contributed by atoms with E-state index in [1.807, 2.05) is 38.1 Å². The number of nitro benzene ring substituents is 1. The van der Waals surface area contributed by atoms with Crippen LogP contribution in [-0.2, 0) is 30.7 Å². The molecule has 3 heterocycles. The van der Waals surface area contributed by atoms with Crippen LogP contribution in [0, 0.1) is 32.8 Å². The van der Waals surface area contributed by atoms with Crippen LogP contribution in [0.4, 0.5) is 11.4 Å². The molecule has 246 valence electrons. The summed E-state index contributed by atoms with van der Waals surface area (Å²) in [4.78, 5) is 29.2. The first kappa shape index (κ1) is 31.3. The van der Waals surface area contributed by atoms with Crippen molar-refractivity contribution in [1.29, 1.82) is 0 Å². The molecule has 0 spiro atoms. The second kappa shape index (κ2) is 10.6. The summed E-state index contributed by atoms with van der Waals surface area (Å²) in [6.45, 7) is 13.7. The molecular weight excluding hydrogens is 608 g/mol. The number of non-ortho nitro benzene ring substituents is 1. The summed E-state index contributed by atoms with van der Waals surface area (Å²) < 4.78 is 40.1. The van der Waals surface area contributed by atoms with Crippen molar-refractivity contribution in [3.05, 3.63) is 76.4 Å². The van der Waals surface area contributed by atoms with Gasteiger partial charge in [0.25, 0.3) is 21.6 Å². The monoisotopic (exact) mass is 650 g/mol. The van der Waals surface area contributed by atoms with Crippen molar-refractivity contribution in [3.8, 4) is 0 Å². The summed E-state index contributed by atoms with van der Waals surface area (Å²) in [5.74, 6) is -0.648. The molecule has 5 aliphatic rings. The Morgan fingerprint density at radius 2 is 1.78 bits per heavy atom. The molecule has 2 saturated heterocycles. The maximum Gasteiger partial charge on any atom is 0.269 e. The first-order valence-corrected chi connectivity index (χ1v) is 17.6. The van der Waals surface area contributed by atoms with Gasteiger partial charge in [-0.05, 0) is 87.0 Å². The third-order valence-electron chi connectivity index (χ3n) is 11.7. The van der Waals surface area contributed by atoms with E-state index in [0.29, 0.717) is 19.4 Å². The Balaban J connectivity index is 1.24. The molecule has 11 nitrogen and oxygen atoms in total. The number of hydrogen-bond donors (Lipinski definition) is 1. The van der Waals surface area contributed by atoms with Gasteiger partial charge in [0.05, 0.1) is 22.5 Å². The smallest absolute Gasteiger partial charge is 0.269 e. The molecule has 4 fully saturated rings. The van der Waals surface area contributed by atoms with Gasteiger partial charge in [-0.3, -0.25) is 14.9 Å². The number of anilines is 1. The number of allylic oxidation sites excluding steroid dienone is 1. The number of benzene rings is 2. The number of sulfonamides is 1. The lowest BCUT2D eigenvalue weighted by molar-refractivity contribution is -0.384. The summed E-state index contributed by atoms with van der Waals surface area (Å²) >= 11 is 0.